The number of alkyl halides is 1. The van der Waals surface area contributed by atoms with E-state index in [0.717, 1.165) is 5.33 Å². The van der Waals surface area contributed by atoms with Gasteiger partial charge in [0.1, 0.15) is 0 Å². The third kappa shape index (κ3) is 7.44. The van der Waals surface area contributed by atoms with Crippen LogP contribution in [0.15, 0.2) is 103 Å². The Balaban J connectivity index is 0.000000243. The standard InChI is InChI=1S/C21H21P.C9H11Br/c1-16-4-10-19(11-5-16)22(20-12-6-17(2)7-13-20)21-14-8-18(3)9-15-21;10-8-4-7-9-5-2-1-3-6-9/h4-15H,1-3H3;1-3,5-6H,4,7-8H2. The van der Waals surface area contributed by atoms with Gasteiger partial charge in [-0.2, -0.15) is 0 Å². The van der Waals surface area contributed by atoms with Crippen molar-refractivity contribution >= 4 is 39.8 Å². The minimum Gasteiger partial charge on any atom is -0.0928 e. The maximum absolute atomic E-state index is 3.41. The van der Waals surface area contributed by atoms with Crippen molar-refractivity contribution in [1.82, 2.24) is 0 Å². The van der Waals surface area contributed by atoms with E-state index in [0.29, 0.717) is 0 Å². The fraction of sp³-hybridized carbons (Fsp3) is 0.200. The number of hydrogen-bond acceptors (Lipinski definition) is 0. The summed E-state index contributed by atoms with van der Waals surface area (Å²) in [6, 6.07) is 37.5. The minimum atomic E-state index is -0.483. The molecule has 0 unspecified atom stereocenters. The van der Waals surface area contributed by atoms with Crippen molar-refractivity contribution in [3.63, 3.8) is 0 Å². The van der Waals surface area contributed by atoms with Gasteiger partial charge in [0.25, 0.3) is 0 Å². The van der Waals surface area contributed by atoms with Gasteiger partial charge in [0.15, 0.2) is 0 Å². The van der Waals surface area contributed by atoms with Gasteiger partial charge in [0, 0.05) is 5.33 Å². The van der Waals surface area contributed by atoms with E-state index in [1.807, 2.05) is 0 Å². The minimum absolute atomic E-state index is 0.483. The van der Waals surface area contributed by atoms with Gasteiger partial charge in [0.2, 0.25) is 0 Å². The second-order valence-corrected chi connectivity index (χ2v) is 11.1. The van der Waals surface area contributed by atoms with Crippen LogP contribution in [0.3, 0.4) is 0 Å². The molecule has 4 aromatic carbocycles. The summed E-state index contributed by atoms with van der Waals surface area (Å²) in [6.45, 7) is 6.43. The monoisotopic (exact) mass is 502 g/mol. The van der Waals surface area contributed by atoms with Crippen LogP contribution in [0, 0.1) is 20.8 Å². The van der Waals surface area contributed by atoms with Gasteiger partial charge in [0.05, 0.1) is 0 Å². The highest BCUT2D eigenvalue weighted by atomic mass is 79.9. The van der Waals surface area contributed by atoms with E-state index in [1.54, 1.807) is 0 Å². The second-order valence-electron chi connectivity index (χ2n) is 8.12. The molecule has 0 spiro atoms. The molecule has 164 valence electrons. The molecule has 2 heteroatoms. The van der Waals surface area contributed by atoms with E-state index >= 15 is 0 Å². The van der Waals surface area contributed by atoms with E-state index in [1.165, 1.54) is 51.0 Å². The first-order chi connectivity index (χ1) is 15.6. The molecule has 0 fully saturated rings. The first-order valence-electron chi connectivity index (χ1n) is 11.2. The highest BCUT2D eigenvalue weighted by Crippen LogP contribution is 2.32. The molecule has 0 heterocycles. The Hall–Kier alpha value is -2.21. The van der Waals surface area contributed by atoms with Crippen LogP contribution < -0.4 is 15.9 Å². The molecular formula is C30H32BrP. The Morgan fingerprint density at radius 1 is 0.531 bits per heavy atom. The average Bonchev–Trinajstić information content (AvgIpc) is 2.83. The lowest BCUT2D eigenvalue weighted by Crippen LogP contribution is -2.20. The average molecular weight is 503 g/mol. The highest BCUT2D eigenvalue weighted by molar-refractivity contribution is 9.09. The van der Waals surface area contributed by atoms with Gasteiger partial charge >= 0.3 is 0 Å². The summed E-state index contributed by atoms with van der Waals surface area (Å²) in [5.74, 6) is 0. The van der Waals surface area contributed by atoms with Gasteiger partial charge in [-0.1, -0.05) is 136 Å². The summed E-state index contributed by atoms with van der Waals surface area (Å²) >= 11 is 3.41. The fourth-order valence-electron chi connectivity index (χ4n) is 3.44. The molecule has 0 aromatic heterocycles. The Morgan fingerprint density at radius 2 is 0.906 bits per heavy atom. The molecule has 0 aliphatic heterocycles. The van der Waals surface area contributed by atoms with Crippen molar-refractivity contribution in [2.75, 3.05) is 5.33 Å². The summed E-state index contributed by atoms with van der Waals surface area (Å²) in [7, 11) is -0.483. The summed E-state index contributed by atoms with van der Waals surface area (Å²) < 4.78 is 0. The van der Waals surface area contributed by atoms with E-state index in [4.69, 9.17) is 0 Å². The van der Waals surface area contributed by atoms with Crippen LogP contribution in [0.2, 0.25) is 0 Å². The maximum atomic E-state index is 3.41. The highest BCUT2D eigenvalue weighted by Gasteiger charge is 2.16. The maximum Gasteiger partial charge on any atom is 0.00344 e. The van der Waals surface area contributed by atoms with Gasteiger partial charge in [-0.05, 0) is 63.0 Å². The topological polar surface area (TPSA) is 0 Å². The molecule has 0 aliphatic carbocycles. The van der Waals surface area contributed by atoms with Gasteiger partial charge in [-0.3, -0.25) is 0 Å². The number of rotatable bonds is 6. The number of aryl methyl sites for hydroxylation is 4. The third-order valence-corrected chi connectivity index (χ3v) is 8.32. The van der Waals surface area contributed by atoms with Crippen molar-refractivity contribution in [2.45, 2.75) is 33.6 Å². The molecule has 0 N–H and O–H groups in total. The lowest BCUT2D eigenvalue weighted by Gasteiger charge is -2.20. The van der Waals surface area contributed by atoms with E-state index < -0.39 is 7.92 Å². The van der Waals surface area contributed by atoms with Crippen molar-refractivity contribution < 1.29 is 0 Å². The number of benzene rings is 4. The molecule has 0 amide bonds. The summed E-state index contributed by atoms with van der Waals surface area (Å²) in [5, 5.41) is 5.33. The molecule has 4 aromatic rings. The normalized spacial score (nSPS) is 10.5. The molecular weight excluding hydrogens is 471 g/mol. The van der Waals surface area contributed by atoms with E-state index in [-0.39, 0.29) is 0 Å². The van der Waals surface area contributed by atoms with Crippen molar-refractivity contribution in [1.29, 1.82) is 0 Å². The molecule has 0 radical (unpaired) electrons. The van der Waals surface area contributed by atoms with Gasteiger partial charge in [-0.15, -0.1) is 0 Å². The second kappa shape index (κ2) is 12.7. The molecule has 0 atom stereocenters. The predicted octanol–water partition coefficient (Wildman–Crippen LogP) is 7.38. The van der Waals surface area contributed by atoms with Crippen LogP contribution in [-0.2, 0) is 6.42 Å². The van der Waals surface area contributed by atoms with Crippen molar-refractivity contribution in [3.05, 3.63) is 125 Å². The van der Waals surface area contributed by atoms with E-state index in [9.17, 15) is 0 Å². The zero-order valence-corrected chi connectivity index (χ0v) is 21.7. The Bertz CT molecular complexity index is 944. The van der Waals surface area contributed by atoms with Crippen LogP contribution in [0.25, 0.3) is 0 Å². The third-order valence-electron chi connectivity index (χ3n) is 5.32. The SMILES string of the molecule is BrCCCc1ccccc1.Cc1ccc(P(c2ccc(C)cc2)c2ccc(C)cc2)cc1. The largest absolute Gasteiger partial charge is 0.0928 e. The lowest BCUT2D eigenvalue weighted by atomic mass is 10.1. The quantitative estimate of drug-likeness (QED) is 0.190. The van der Waals surface area contributed by atoms with Crippen molar-refractivity contribution in [2.24, 2.45) is 0 Å². The zero-order valence-electron chi connectivity index (χ0n) is 19.3. The van der Waals surface area contributed by atoms with Gasteiger partial charge in [-0.25, -0.2) is 0 Å². The van der Waals surface area contributed by atoms with Crippen LogP contribution in [-0.4, -0.2) is 5.33 Å². The fourth-order valence-corrected chi connectivity index (χ4v) is 5.96. The van der Waals surface area contributed by atoms with E-state index in [2.05, 4.69) is 140 Å². The van der Waals surface area contributed by atoms with Crippen LogP contribution in [0.4, 0.5) is 0 Å². The Labute approximate surface area is 203 Å². The first-order valence-corrected chi connectivity index (χ1v) is 13.6. The summed E-state index contributed by atoms with van der Waals surface area (Å²) in [4.78, 5) is 0. The number of halogens is 1. The molecule has 0 saturated carbocycles. The molecule has 0 bridgehead atoms. The summed E-state index contributed by atoms with van der Waals surface area (Å²) in [6.07, 6.45) is 2.41. The van der Waals surface area contributed by atoms with Gasteiger partial charge < -0.3 is 0 Å². The zero-order chi connectivity index (χ0) is 22.8. The molecule has 0 nitrogen and oxygen atoms in total. The van der Waals surface area contributed by atoms with Crippen LogP contribution >= 0.6 is 23.9 Å². The van der Waals surface area contributed by atoms with Crippen molar-refractivity contribution in [3.8, 4) is 0 Å². The number of hydrogen-bond donors (Lipinski definition) is 0. The Kier molecular flexibility index (Phi) is 9.72. The first kappa shape index (κ1) is 24.4. The molecule has 4 rings (SSSR count). The van der Waals surface area contributed by atoms with Crippen LogP contribution in [0.5, 0.6) is 0 Å². The Morgan fingerprint density at radius 3 is 1.25 bits per heavy atom. The summed E-state index contributed by atoms with van der Waals surface area (Å²) in [5.41, 5.74) is 5.37. The smallest absolute Gasteiger partial charge is 0.00344 e. The lowest BCUT2D eigenvalue weighted by molar-refractivity contribution is 0.940. The molecule has 32 heavy (non-hydrogen) atoms. The molecule has 0 aliphatic rings. The van der Waals surface area contributed by atoms with Crippen LogP contribution in [0.1, 0.15) is 28.7 Å². The molecule has 0 saturated heterocycles. The predicted molar refractivity (Wildman–Crippen MR) is 148 cm³/mol.